The van der Waals surface area contributed by atoms with E-state index in [1.165, 1.54) is 0 Å². The SMILES string of the molecule is Cc1ccc(N2C(=O)c3ccccc3C2=O)cc1NC(=O)Cc1ccccc1. The zero-order valence-electron chi connectivity index (χ0n) is 15.3. The number of carbonyl (C=O) groups is 3. The number of hydrogen-bond acceptors (Lipinski definition) is 3. The van der Waals surface area contributed by atoms with E-state index in [9.17, 15) is 14.4 Å². The Hall–Kier alpha value is -3.73. The van der Waals surface area contributed by atoms with Crippen molar-refractivity contribution >= 4 is 29.1 Å². The monoisotopic (exact) mass is 370 g/mol. The molecule has 4 rings (SSSR count). The molecule has 1 N–H and O–H groups in total. The summed E-state index contributed by atoms with van der Waals surface area (Å²) in [6, 6.07) is 21.4. The molecule has 28 heavy (non-hydrogen) atoms. The van der Waals surface area contributed by atoms with Crippen LogP contribution in [0.3, 0.4) is 0 Å². The van der Waals surface area contributed by atoms with Crippen molar-refractivity contribution in [1.29, 1.82) is 0 Å². The summed E-state index contributed by atoms with van der Waals surface area (Å²) in [5.74, 6) is -0.870. The molecule has 3 aromatic rings. The van der Waals surface area contributed by atoms with Gasteiger partial charge in [0.25, 0.3) is 11.8 Å². The van der Waals surface area contributed by atoms with Crippen LogP contribution in [-0.4, -0.2) is 17.7 Å². The predicted molar refractivity (Wildman–Crippen MR) is 108 cm³/mol. The lowest BCUT2D eigenvalue weighted by atomic mass is 10.1. The highest BCUT2D eigenvalue weighted by Gasteiger charge is 2.36. The van der Waals surface area contributed by atoms with Crippen molar-refractivity contribution in [2.24, 2.45) is 0 Å². The first-order valence-electron chi connectivity index (χ1n) is 8.97. The summed E-state index contributed by atoms with van der Waals surface area (Å²) in [5.41, 5.74) is 3.56. The summed E-state index contributed by atoms with van der Waals surface area (Å²) in [6.45, 7) is 1.87. The fraction of sp³-hybridized carbons (Fsp3) is 0.0870. The third-order valence-corrected chi connectivity index (χ3v) is 4.76. The first kappa shape index (κ1) is 17.7. The van der Waals surface area contributed by atoms with Gasteiger partial charge in [0.2, 0.25) is 5.91 Å². The molecule has 0 aromatic heterocycles. The Bertz CT molecular complexity index is 1060. The van der Waals surface area contributed by atoms with Crippen LogP contribution in [-0.2, 0) is 11.2 Å². The molecular formula is C23H18N2O3. The van der Waals surface area contributed by atoms with Crippen molar-refractivity contribution in [3.8, 4) is 0 Å². The molecule has 1 heterocycles. The van der Waals surface area contributed by atoms with E-state index >= 15 is 0 Å². The number of imide groups is 1. The molecule has 0 bridgehead atoms. The number of benzene rings is 3. The highest BCUT2D eigenvalue weighted by Crippen LogP contribution is 2.31. The van der Waals surface area contributed by atoms with Gasteiger partial charge in [-0.3, -0.25) is 14.4 Å². The van der Waals surface area contributed by atoms with Gasteiger partial charge in [-0.25, -0.2) is 4.90 Å². The molecular weight excluding hydrogens is 352 g/mol. The van der Waals surface area contributed by atoms with Crippen LogP contribution in [0.15, 0.2) is 72.8 Å². The second kappa shape index (κ2) is 7.12. The molecule has 1 aliphatic heterocycles. The zero-order valence-corrected chi connectivity index (χ0v) is 15.3. The number of rotatable bonds is 4. The normalized spacial score (nSPS) is 12.8. The minimum absolute atomic E-state index is 0.159. The van der Waals surface area contributed by atoms with Crippen LogP contribution in [0.2, 0.25) is 0 Å². The van der Waals surface area contributed by atoms with E-state index in [-0.39, 0.29) is 24.1 Å². The Morgan fingerprint density at radius 1 is 0.857 bits per heavy atom. The van der Waals surface area contributed by atoms with Gasteiger partial charge in [-0.05, 0) is 42.3 Å². The molecule has 0 spiro atoms. The lowest BCUT2D eigenvalue weighted by Gasteiger charge is -2.17. The average molecular weight is 370 g/mol. The van der Waals surface area contributed by atoms with E-state index in [1.54, 1.807) is 42.5 Å². The maximum atomic E-state index is 12.7. The molecule has 0 unspecified atom stereocenters. The lowest BCUT2D eigenvalue weighted by Crippen LogP contribution is -2.29. The maximum Gasteiger partial charge on any atom is 0.266 e. The number of carbonyl (C=O) groups excluding carboxylic acids is 3. The summed E-state index contributed by atoms with van der Waals surface area (Å²) in [4.78, 5) is 38.9. The topological polar surface area (TPSA) is 66.5 Å². The number of aryl methyl sites for hydroxylation is 1. The van der Waals surface area contributed by atoms with E-state index in [0.717, 1.165) is 16.0 Å². The van der Waals surface area contributed by atoms with E-state index in [0.29, 0.717) is 22.5 Å². The minimum atomic E-state index is -0.356. The second-order valence-electron chi connectivity index (χ2n) is 6.70. The number of fused-ring (bicyclic) bond motifs is 1. The van der Waals surface area contributed by atoms with Crippen LogP contribution < -0.4 is 10.2 Å². The van der Waals surface area contributed by atoms with Crippen LogP contribution >= 0.6 is 0 Å². The molecule has 0 saturated carbocycles. The van der Waals surface area contributed by atoms with Gasteiger partial charge in [-0.15, -0.1) is 0 Å². The van der Waals surface area contributed by atoms with E-state index < -0.39 is 0 Å². The van der Waals surface area contributed by atoms with Crippen LogP contribution in [0.25, 0.3) is 0 Å². The number of amides is 3. The summed E-state index contributed by atoms with van der Waals surface area (Å²) in [6.07, 6.45) is 0.248. The predicted octanol–water partition coefficient (Wildman–Crippen LogP) is 3.98. The zero-order chi connectivity index (χ0) is 19.7. The molecule has 0 fully saturated rings. The van der Waals surface area contributed by atoms with E-state index in [4.69, 9.17) is 0 Å². The summed E-state index contributed by atoms with van der Waals surface area (Å²) in [5, 5.41) is 2.89. The van der Waals surface area contributed by atoms with Crippen molar-refractivity contribution in [3.63, 3.8) is 0 Å². The maximum absolute atomic E-state index is 12.7. The fourth-order valence-electron chi connectivity index (χ4n) is 3.28. The van der Waals surface area contributed by atoms with Crippen molar-refractivity contribution < 1.29 is 14.4 Å². The Labute approximate surface area is 162 Å². The third kappa shape index (κ3) is 3.18. The number of nitrogens with zero attached hydrogens (tertiary/aromatic N) is 1. The highest BCUT2D eigenvalue weighted by atomic mass is 16.2. The average Bonchev–Trinajstić information content (AvgIpc) is 2.95. The molecule has 1 aliphatic rings. The first-order chi connectivity index (χ1) is 13.5. The second-order valence-corrected chi connectivity index (χ2v) is 6.70. The van der Waals surface area contributed by atoms with Gasteiger partial charge in [0, 0.05) is 5.69 Å². The first-order valence-corrected chi connectivity index (χ1v) is 8.97. The van der Waals surface area contributed by atoms with Crippen LogP contribution in [0.1, 0.15) is 31.8 Å². The summed E-state index contributed by atoms with van der Waals surface area (Å²) in [7, 11) is 0. The van der Waals surface area contributed by atoms with Gasteiger partial charge < -0.3 is 5.32 Å². The van der Waals surface area contributed by atoms with E-state index in [2.05, 4.69) is 5.32 Å². The summed E-state index contributed by atoms with van der Waals surface area (Å²) < 4.78 is 0. The van der Waals surface area contributed by atoms with Gasteiger partial charge >= 0.3 is 0 Å². The van der Waals surface area contributed by atoms with Gasteiger partial charge in [-0.1, -0.05) is 48.5 Å². The molecule has 138 valence electrons. The number of hydrogen-bond donors (Lipinski definition) is 1. The molecule has 3 amide bonds. The molecule has 5 nitrogen and oxygen atoms in total. The Balaban J connectivity index is 1.59. The molecule has 0 radical (unpaired) electrons. The van der Waals surface area contributed by atoms with Gasteiger partial charge in [-0.2, -0.15) is 0 Å². The third-order valence-electron chi connectivity index (χ3n) is 4.76. The van der Waals surface area contributed by atoms with Gasteiger partial charge in [0.05, 0.1) is 23.2 Å². The van der Waals surface area contributed by atoms with Crippen LogP contribution in [0.4, 0.5) is 11.4 Å². The molecule has 3 aromatic carbocycles. The Morgan fingerprint density at radius 2 is 1.46 bits per heavy atom. The van der Waals surface area contributed by atoms with Gasteiger partial charge in [0.15, 0.2) is 0 Å². The molecule has 0 saturated heterocycles. The Kier molecular flexibility index (Phi) is 4.49. The standard InChI is InChI=1S/C23H18N2O3/c1-15-11-12-17(25-22(27)18-9-5-6-10-19(18)23(25)28)14-20(15)24-21(26)13-16-7-3-2-4-8-16/h2-12,14H,13H2,1H3,(H,24,26). The van der Waals surface area contributed by atoms with Crippen molar-refractivity contribution in [2.45, 2.75) is 13.3 Å². The summed E-state index contributed by atoms with van der Waals surface area (Å²) >= 11 is 0. The Morgan fingerprint density at radius 3 is 2.11 bits per heavy atom. The number of anilines is 2. The number of nitrogens with one attached hydrogen (secondary N) is 1. The van der Waals surface area contributed by atoms with Crippen molar-refractivity contribution in [3.05, 3.63) is 95.1 Å². The van der Waals surface area contributed by atoms with Gasteiger partial charge in [0.1, 0.15) is 0 Å². The fourth-order valence-corrected chi connectivity index (χ4v) is 3.28. The van der Waals surface area contributed by atoms with Crippen LogP contribution in [0.5, 0.6) is 0 Å². The van der Waals surface area contributed by atoms with Crippen molar-refractivity contribution in [2.75, 3.05) is 10.2 Å². The van der Waals surface area contributed by atoms with Crippen LogP contribution in [0, 0.1) is 6.92 Å². The van der Waals surface area contributed by atoms with Crippen molar-refractivity contribution in [1.82, 2.24) is 0 Å². The largest absolute Gasteiger partial charge is 0.325 e. The van der Waals surface area contributed by atoms with E-state index in [1.807, 2.05) is 37.3 Å². The molecule has 0 atom stereocenters. The molecule has 0 aliphatic carbocycles. The molecule has 5 heteroatoms. The smallest absolute Gasteiger partial charge is 0.266 e. The highest BCUT2D eigenvalue weighted by molar-refractivity contribution is 6.34. The lowest BCUT2D eigenvalue weighted by molar-refractivity contribution is -0.115. The quantitative estimate of drug-likeness (QED) is 0.707. The minimum Gasteiger partial charge on any atom is -0.325 e.